The lowest BCUT2D eigenvalue weighted by Crippen LogP contribution is -2.29. The summed E-state index contributed by atoms with van der Waals surface area (Å²) in [5.41, 5.74) is 2.22. The van der Waals surface area contributed by atoms with Crippen molar-refractivity contribution in [3.05, 3.63) is 24.6 Å². The van der Waals surface area contributed by atoms with Crippen LogP contribution < -0.4 is 0 Å². The smallest absolute Gasteiger partial charge is 0.0278 e. The first-order chi connectivity index (χ1) is 5.37. The molecule has 0 rings (SSSR count). The fraction of sp³-hybridized carbons (Fsp3) is 0.636. The Kier molecular flexibility index (Phi) is 4.08. The molecule has 0 saturated carbocycles. The Bertz CT molecular complexity index is 177. The van der Waals surface area contributed by atoms with Crippen LogP contribution in [0, 0.1) is 5.92 Å². The molecule has 0 spiro atoms. The van der Waals surface area contributed by atoms with Gasteiger partial charge in [0.15, 0.2) is 0 Å². The predicted octanol–water partition coefficient (Wildman–Crippen LogP) is 3.40. The van der Waals surface area contributed by atoms with Gasteiger partial charge in [-0.1, -0.05) is 27.0 Å². The highest BCUT2D eigenvalue weighted by Crippen LogP contribution is 2.20. The maximum absolute atomic E-state index is 4.06. The van der Waals surface area contributed by atoms with Gasteiger partial charge in [0, 0.05) is 17.4 Å². The van der Waals surface area contributed by atoms with Crippen molar-refractivity contribution in [1.82, 2.24) is 4.90 Å². The van der Waals surface area contributed by atoms with Crippen molar-refractivity contribution in [3.8, 4) is 0 Å². The predicted molar refractivity (Wildman–Crippen MR) is 55.8 cm³/mol. The summed E-state index contributed by atoms with van der Waals surface area (Å²) in [6.07, 6.45) is 0. The molecular weight excluding hydrogens is 146 g/mol. The molecule has 0 aromatic heterocycles. The summed E-state index contributed by atoms with van der Waals surface area (Å²) in [4.78, 5) is 2.19. The van der Waals surface area contributed by atoms with Crippen molar-refractivity contribution in [2.75, 3.05) is 0 Å². The maximum atomic E-state index is 4.06. The van der Waals surface area contributed by atoms with Gasteiger partial charge in [0.25, 0.3) is 0 Å². The molecule has 70 valence electrons. The molecule has 0 aliphatic carbocycles. The maximum Gasteiger partial charge on any atom is 0.0278 e. The van der Waals surface area contributed by atoms with Gasteiger partial charge in [0.05, 0.1) is 0 Å². The summed E-state index contributed by atoms with van der Waals surface area (Å²) in [6, 6.07) is 0.456. The quantitative estimate of drug-likeness (QED) is 0.620. The largest absolute Gasteiger partial charge is 0.347 e. The zero-order chi connectivity index (χ0) is 9.89. The van der Waals surface area contributed by atoms with Crippen LogP contribution in [-0.4, -0.2) is 10.9 Å². The Hall–Kier alpha value is -0.720. The topological polar surface area (TPSA) is 3.24 Å². The summed E-state index contributed by atoms with van der Waals surface area (Å²) in [7, 11) is 0. The normalized spacial score (nSPS) is 10.6. The number of hydrogen-bond acceptors (Lipinski definition) is 1. The van der Waals surface area contributed by atoms with E-state index >= 15 is 0 Å². The van der Waals surface area contributed by atoms with Crippen LogP contribution in [0.1, 0.15) is 34.6 Å². The van der Waals surface area contributed by atoms with Gasteiger partial charge in [-0.3, -0.25) is 0 Å². The van der Waals surface area contributed by atoms with Crippen molar-refractivity contribution >= 4 is 0 Å². The standard InChI is InChI=1S/C11H21N/c1-8(2)11(7)12(9(3)4)10(5)6/h8,10H,3,7H2,1-2,4-6H3. The lowest BCUT2D eigenvalue weighted by atomic mass is 10.1. The van der Waals surface area contributed by atoms with E-state index in [9.17, 15) is 0 Å². The average Bonchev–Trinajstić information content (AvgIpc) is 1.85. The van der Waals surface area contributed by atoms with Gasteiger partial charge >= 0.3 is 0 Å². The molecule has 0 fully saturated rings. The Balaban J connectivity index is 4.52. The van der Waals surface area contributed by atoms with Crippen molar-refractivity contribution in [1.29, 1.82) is 0 Å². The van der Waals surface area contributed by atoms with Gasteiger partial charge < -0.3 is 4.90 Å². The first kappa shape index (κ1) is 11.3. The molecule has 0 amide bonds. The van der Waals surface area contributed by atoms with Crippen molar-refractivity contribution in [2.45, 2.75) is 40.7 Å². The minimum absolute atomic E-state index is 0.456. The van der Waals surface area contributed by atoms with E-state index in [2.05, 4.69) is 45.8 Å². The highest BCUT2D eigenvalue weighted by molar-refractivity contribution is 5.08. The summed E-state index contributed by atoms with van der Waals surface area (Å²) < 4.78 is 0. The molecule has 0 N–H and O–H groups in total. The molecule has 0 unspecified atom stereocenters. The summed E-state index contributed by atoms with van der Waals surface area (Å²) in [6.45, 7) is 18.6. The zero-order valence-electron chi connectivity index (χ0n) is 9.02. The van der Waals surface area contributed by atoms with Crippen LogP contribution in [0.3, 0.4) is 0 Å². The molecule has 0 aliphatic heterocycles. The molecule has 1 heteroatoms. The van der Waals surface area contributed by atoms with Gasteiger partial charge in [-0.05, 0) is 26.7 Å². The van der Waals surface area contributed by atoms with E-state index in [0.29, 0.717) is 12.0 Å². The first-order valence-electron chi connectivity index (χ1n) is 4.51. The lowest BCUT2D eigenvalue weighted by Gasteiger charge is -2.32. The Morgan fingerprint density at radius 1 is 1.08 bits per heavy atom. The molecule has 0 heterocycles. The summed E-state index contributed by atoms with van der Waals surface area (Å²) in [5.74, 6) is 0.490. The van der Waals surface area contributed by atoms with Crippen molar-refractivity contribution < 1.29 is 0 Å². The Labute approximate surface area is 76.8 Å². The lowest BCUT2D eigenvalue weighted by molar-refractivity contribution is 0.325. The van der Waals surface area contributed by atoms with E-state index in [1.165, 1.54) is 0 Å². The second-order valence-corrected chi connectivity index (χ2v) is 3.85. The van der Waals surface area contributed by atoms with Crippen LogP contribution in [0.2, 0.25) is 0 Å². The minimum Gasteiger partial charge on any atom is -0.347 e. The fourth-order valence-electron chi connectivity index (χ4n) is 1.30. The Morgan fingerprint density at radius 2 is 1.50 bits per heavy atom. The highest BCUT2D eigenvalue weighted by atomic mass is 15.2. The molecule has 0 aromatic rings. The third-order valence-corrected chi connectivity index (χ3v) is 1.90. The van der Waals surface area contributed by atoms with Crippen LogP contribution in [0.4, 0.5) is 0 Å². The molecule has 0 aliphatic rings. The molecule has 0 radical (unpaired) electrons. The van der Waals surface area contributed by atoms with Gasteiger partial charge in [0.1, 0.15) is 0 Å². The van der Waals surface area contributed by atoms with Crippen molar-refractivity contribution in [3.63, 3.8) is 0 Å². The van der Waals surface area contributed by atoms with E-state index in [4.69, 9.17) is 0 Å². The van der Waals surface area contributed by atoms with Gasteiger partial charge in [-0.2, -0.15) is 0 Å². The van der Waals surface area contributed by atoms with Crippen LogP contribution in [0.15, 0.2) is 24.6 Å². The summed E-state index contributed by atoms with van der Waals surface area (Å²) in [5, 5.41) is 0. The molecule has 0 aromatic carbocycles. The van der Waals surface area contributed by atoms with E-state index < -0.39 is 0 Å². The third-order valence-electron chi connectivity index (χ3n) is 1.90. The van der Waals surface area contributed by atoms with E-state index in [0.717, 1.165) is 11.4 Å². The third kappa shape index (κ3) is 2.72. The molecular formula is C11H21N. The molecule has 0 saturated heterocycles. The number of hydrogen-bond donors (Lipinski definition) is 0. The van der Waals surface area contributed by atoms with Gasteiger partial charge in [-0.25, -0.2) is 0 Å². The van der Waals surface area contributed by atoms with Gasteiger partial charge in [0.2, 0.25) is 0 Å². The molecule has 0 atom stereocenters. The zero-order valence-corrected chi connectivity index (χ0v) is 9.02. The molecule has 12 heavy (non-hydrogen) atoms. The number of rotatable bonds is 4. The van der Waals surface area contributed by atoms with Crippen LogP contribution >= 0.6 is 0 Å². The second kappa shape index (κ2) is 4.34. The van der Waals surface area contributed by atoms with Crippen molar-refractivity contribution in [2.24, 2.45) is 5.92 Å². The highest BCUT2D eigenvalue weighted by Gasteiger charge is 2.14. The first-order valence-corrected chi connectivity index (χ1v) is 4.51. The average molecular weight is 167 g/mol. The summed E-state index contributed by atoms with van der Waals surface area (Å²) >= 11 is 0. The van der Waals surface area contributed by atoms with Crippen LogP contribution in [0.25, 0.3) is 0 Å². The SMILES string of the molecule is C=C(C)N(C(=C)C(C)C)C(C)C. The minimum atomic E-state index is 0.456. The van der Waals surface area contributed by atoms with Crippen LogP contribution in [-0.2, 0) is 0 Å². The molecule has 1 nitrogen and oxygen atoms in total. The van der Waals surface area contributed by atoms with E-state index in [1.54, 1.807) is 0 Å². The van der Waals surface area contributed by atoms with Crippen LogP contribution in [0.5, 0.6) is 0 Å². The molecule has 0 bridgehead atoms. The van der Waals surface area contributed by atoms with Gasteiger partial charge in [-0.15, -0.1) is 0 Å². The number of allylic oxidation sites excluding steroid dienone is 2. The Morgan fingerprint density at radius 3 is 1.58 bits per heavy atom. The van der Waals surface area contributed by atoms with E-state index in [-0.39, 0.29) is 0 Å². The fourth-order valence-corrected chi connectivity index (χ4v) is 1.30. The van der Waals surface area contributed by atoms with E-state index in [1.807, 2.05) is 6.92 Å². The monoisotopic (exact) mass is 167 g/mol. The number of nitrogens with zero attached hydrogens (tertiary/aromatic N) is 1. The second-order valence-electron chi connectivity index (χ2n) is 3.85.